The Morgan fingerprint density at radius 2 is 1.50 bits per heavy atom. The molecule has 2 fully saturated rings. The molecule has 0 N–H and O–H groups in total. The van der Waals surface area contributed by atoms with Crippen molar-refractivity contribution in [3.63, 3.8) is 0 Å². The summed E-state index contributed by atoms with van der Waals surface area (Å²) in [5, 5.41) is 2.53. The normalized spacial score (nSPS) is 23.8. The first-order valence-electron chi connectivity index (χ1n) is 11.6. The Hall–Kier alpha value is -2.99. The third-order valence-electron chi connectivity index (χ3n) is 7.15. The molecule has 0 unspecified atom stereocenters. The van der Waals surface area contributed by atoms with E-state index in [0.717, 1.165) is 19.6 Å². The van der Waals surface area contributed by atoms with Crippen molar-refractivity contribution in [3.05, 3.63) is 60.2 Å². The Morgan fingerprint density at radius 1 is 0.844 bits per heavy atom. The van der Waals surface area contributed by atoms with Crippen LogP contribution < -0.4 is 0 Å². The van der Waals surface area contributed by atoms with Gasteiger partial charge in [-0.1, -0.05) is 54.6 Å². The molecule has 3 aliphatic rings. The standard InChI is InChI=1S/C26H29N3O3/c30-24(12-13-29-25(31)22-10-3-4-11-23(22)26(29)32)28-16-14-27(15-17-28)18-20-8-5-7-19-6-1-2-9-21(19)20/h1-9,22-23H,10-18H2/t22-,23-/m0/s1. The van der Waals surface area contributed by atoms with Crippen LogP contribution in [0.3, 0.4) is 0 Å². The van der Waals surface area contributed by atoms with Crippen molar-refractivity contribution >= 4 is 28.5 Å². The SMILES string of the molecule is O=C(CCN1C(=O)[C@H]2CC=CC[C@@H]2C1=O)N1CCN(Cc2cccc3ccccc23)CC1. The molecule has 0 bridgehead atoms. The number of carbonyl (C=O) groups is 3. The van der Waals surface area contributed by atoms with Gasteiger partial charge < -0.3 is 4.90 Å². The van der Waals surface area contributed by atoms with Gasteiger partial charge in [0, 0.05) is 45.7 Å². The minimum atomic E-state index is -0.222. The molecule has 2 aromatic rings. The highest BCUT2D eigenvalue weighted by atomic mass is 16.2. The molecule has 166 valence electrons. The van der Waals surface area contributed by atoms with Crippen LogP contribution >= 0.6 is 0 Å². The number of hydrogen-bond acceptors (Lipinski definition) is 4. The lowest BCUT2D eigenvalue weighted by Gasteiger charge is -2.35. The highest BCUT2D eigenvalue weighted by Crippen LogP contribution is 2.35. The molecule has 5 rings (SSSR count). The first-order chi connectivity index (χ1) is 15.6. The average molecular weight is 432 g/mol. The van der Waals surface area contributed by atoms with Crippen LogP contribution in [0.4, 0.5) is 0 Å². The summed E-state index contributed by atoms with van der Waals surface area (Å²) in [6.07, 6.45) is 5.46. The second-order valence-corrected chi connectivity index (χ2v) is 9.03. The molecule has 0 spiro atoms. The summed E-state index contributed by atoms with van der Waals surface area (Å²) in [6.45, 7) is 4.09. The van der Waals surface area contributed by atoms with Crippen molar-refractivity contribution in [1.82, 2.24) is 14.7 Å². The zero-order valence-corrected chi connectivity index (χ0v) is 18.3. The first-order valence-corrected chi connectivity index (χ1v) is 11.6. The van der Waals surface area contributed by atoms with E-state index in [1.165, 1.54) is 21.2 Å². The van der Waals surface area contributed by atoms with Gasteiger partial charge in [0.25, 0.3) is 0 Å². The average Bonchev–Trinajstić information content (AvgIpc) is 3.08. The van der Waals surface area contributed by atoms with Gasteiger partial charge in [0.05, 0.1) is 11.8 Å². The molecule has 2 saturated heterocycles. The Morgan fingerprint density at radius 3 is 2.22 bits per heavy atom. The monoisotopic (exact) mass is 431 g/mol. The van der Waals surface area contributed by atoms with E-state index in [4.69, 9.17) is 0 Å². The third kappa shape index (κ3) is 3.95. The molecule has 3 amide bonds. The first kappa shape index (κ1) is 20.9. The van der Waals surface area contributed by atoms with Crippen molar-refractivity contribution in [2.24, 2.45) is 11.8 Å². The maximum absolute atomic E-state index is 12.8. The van der Waals surface area contributed by atoms with Gasteiger partial charge in [-0.2, -0.15) is 0 Å². The van der Waals surface area contributed by atoms with Crippen molar-refractivity contribution in [1.29, 1.82) is 0 Å². The fourth-order valence-corrected chi connectivity index (χ4v) is 5.28. The number of carbonyl (C=O) groups excluding carboxylic acids is 3. The Bertz CT molecular complexity index is 1040. The highest BCUT2D eigenvalue weighted by Gasteiger charge is 2.47. The second kappa shape index (κ2) is 8.87. The van der Waals surface area contributed by atoms with Crippen LogP contribution in [0.2, 0.25) is 0 Å². The molecule has 2 aliphatic heterocycles. The summed E-state index contributed by atoms with van der Waals surface area (Å²) in [7, 11) is 0. The van der Waals surface area contributed by atoms with Crippen molar-refractivity contribution in [2.45, 2.75) is 25.8 Å². The van der Waals surface area contributed by atoms with Crippen molar-refractivity contribution in [3.8, 4) is 0 Å². The molecular weight excluding hydrogens is 402 g/mol. The van der Waals surface area contributed by atoms with E-state index in [-0.39, 0.29) is 42.5 Å². The summed E-state index contributed by atoms with van der Waals surface area (Å²) in [4.78, 5) is 43.5. The molecule has 0 aromatic heterocycles. The molecule has 6 nitrogen and oxygen atoms in total. The van der Waals surface area contributed by atoms with Crippen LogP contribution in [0.1, 0.15) is 24.8 Å². The van der Waals surface area contributed by atoms with Crippen LogP contribution in [0.5, 0.6) is 0 Å². The van der Waals surface area contributed by atoms with E-state index < -0.39 is 0 Å². The van der Waals surface area contributed by atoms with Gasteiger partial charge >= 0.3 is 0 Å². The number of likely N-dealkylation sites (tertiary alicyclic amines) is 1. The van der Waals surface area contributed by atoms with E-state index in [1.807, 2.05) is 17.1 Å². The molecule has 6 heteroatoms. The van der Waals surface area contributed by atoms with Gasteiger partial charge in [-0.25, -0.2) is 0 Å². The number of allylic oxidation sites excluding steroid dienone is 2. The number of amides is 3. The number of nitrogens with zero attached hydrogens (tertiary/aromatic N) is 3. The number of benzene rings is 2. The van der Waals surface area contributed by atoms with E-state index in [9.17, 15) is 14.4 Å². The van der Waals surface area contributed by atoms with Crippen LogP contribution in [-0.4, -0.2) is 65.1 Å². The zero-order chi connectivity index (χ0) is 22.1. The Balaban J connectivity index is 1.13. The number of imide groups is 1. The summed E-state index contributed by atoms with van der Waals surface area (Å²) in [5.41, 5.74) is 1.31. The lowest BCUT2D eigenvalue weighted by Crippen LogP contribution is -2.49. The highest BCUT2D eigenvalue weighted by molar-refractivity contribution is 6.05. The Labute approximate surface area is 188 Å². The maximum atomic E-state index is 12.8. The quantitative estimate of drug-likeness (QED) is 0.540. The van der Waals surface area contributed by atoms with Gasteiger partial charge in [0.2, 0.25) is 17.7 Å². The minimum Gasteiger partial charge on any atom is -0.340 e. The fraction of sp³-hybridized carbons (Fsp3) is 0.423. The van der Waals surface area contributed by atoms with Crippen LogP contribution in [0, 0.1) is 11.8 Å². The number of rotatable bonds is 5. The summed E-state index contributed by atoms with van der Waals surface area (Å²) in [6, 6.07) is 14.8. The van der Waals surface area contributed by atoms with E-state index >= 15 is 0 Å². The topological polar surface area (TPSA) is 60.9 Å². The molecule has 32 heavy (non-hydrogen) atoms. The van der Waals surface area contributed by atoms with Gasteiger partial charge in [0.1, 0.15) is 0 Å². The van der Waals surface area contributed by atoms with E-state index in [1.54, 1.807) is 0 Å². The van der Waals surface area contributed by atoms with Gasteiger partial charge in [-0.3, -0.25) is 24.2 Å². The molecule has 2 aromatic carbocycles. The largest absolute Gasteiger partial charge is 0.340 e. The molecule has 0 saturated carbocycles. The van der Waals surface area contributed by atoms with Crippen molar-refractivity contribution in [2.75, 3.05) is 32.7 Å². The lowest BCUT2D eigenvalue weighted by atomic mass is 9.85. The van der Waals surface area contributed by atoms with Crippen LogP contribution in [0.15, 0.2) is 54.6 Å². The zero-order valence-electron chi connectivity index (χ0n) is 18.3. The van der Waals surface area contributed by atoms with Crippen molar-refractivity contribution < 1.29 is 14.4 Å². The van der Waals surface area contributed by atoms with E-state index in [2.05, 4.69) is 47.4 Å². The summed E-state index contributed by atoms with van der Waals surface area (Å²) in [5.74, 6) is -0.613. The maximum Gasteiger partial charge on any atom is 0.233 e. The second-order valence-electron chi connectivity index (χ2n) is 9.03. The summed E-state index contributed by atoms with van der Waals surface area (Å²) < 4.78 is 0. The molecule has 2 heterocycles. The molecule has 0 radical (unpaired) electrons. The predicted octanol–water partition coefficient (Wildman–Crippen LogP) is 2.83. The van der Waals surface area contributed by atoms with Crippen LogP contribution in [0.25, 0.3) is 10.8 Å². The number of hydrogen-bond donors (Lipinski definition) is 0. The third-order valence-corrected chi connectivity index (χ3v) is 7.15. The van der Waals surface area contributed by atoms with Gasteiger partial charge in [-0.05, 0) is 29.2 Å². The predicted molar refractivity (Wildman–Crippen MR) is 122 cm³/mol. The molecular formula is C26H29N3O3. The van der Waals surface area contributed by atoms with Gasteiger partial charge in [0.15, 0.2) is 0 Å². The van der Waals surface area contributed by atoms with Gasteiger partial charge in [-0.15, -0.1) is 0 Å². The van der Waals surface area contributed by atoms with Crippen LogP contribution in [-0.2, 0) is 20.9 Å². The number of fused-ring (bicyclic) bond motifs is 2. The van der Waals surface area contributed by atoms with E-state index in [0.29, 0.717) is 25.9 Å². The smallest absolute Gasteiger partial charge is 0.233 e. The summed E-state index contributed by atoms with van der Waals surface area (Å²) >= 11 is 0. The fourth-order valence-electron chi connectivity index (χ4n) is 5.28. The molecule has 2 atom stereocenters. The lowest BCUT2D eigenvalue weighted by molar-refractivity contribution is -0.141. The molecule has 1 aliphatic carbocycles. The minimum absolute atomic E-state index is 0.0309. The number of piperazine rings is 1. The Kier molecular flexibility index (Phi) is 5.79.